The monoisotopic (exact) mass is 726 g/mol. The third-order valence-electron chi connectivity index (χ3n) is 11.8. The van der Waals surface area contributed by atoms with E-state index in [0.29, 0.717) is 17.5 Å². The molecule has 0 saturated heterocycles. The van der Waals surface area contributed by atoms with Crippen molar-refractivity contribution in [3.63, 3.8) is 0 Å². The van der Waals surface area contributed by atoms with Crippen LogP contribution in [0.25, 0.3) is 116 Å². The van der Waals surface area contributed by atoms with Crippen molar-refractivity contribution in [2.75, 3.05) is 0 Å². The van der Waals surface area contributed by atoms with Crippen LogP contribution >= 0.6 is 0 Å². The minimum atomic E-state index is 0.639. The van der Waals surface area contributed by atoms with Crippen LogP contribution in [0.1, 0.15) is 0 Å². The molecule has 0 fully saturated rings. The fourth-order valence-corrected chi connectivity index (χ4v) is 9.52. The molecule has 0 aliphatic carbocycles. The molecule has 6 heteroatoms. The highest BCUT2D eigenvalue weighted by atomic mass is 15.0. The highest BCUT2D eigenvalue weighted by molar-refractivity contribution is 6.31. The molecule has 13 aromatic rings. The van der Waals surface area contributed by atoms with Crippen LogP contribution in [0.3, 0.4) is 0 Å². The first-order valence-electron chi connectivity index (χ1n) is 19.3. The molecule has 0 aliphatic heterocycles. The van der Waals surface area contributed by atoms with E-state index in [4.69, 9.17) is 15.0 Å². The smallest absolute Gasteiger partial charge is 0.164 e. The van der Waals surface area contributed by atoms with Gasteiger partial charge in [0.05, 0.1) is 44.1 Å². The van der Waals surface area contributed by atoms with Gasteiger partial charge in [0.15, 0.2) is 17.5 Å². The van der Waals surface area contributed by atoms with Crippen LogP contribution in [0.2, 0.25) is 0 Å². The quantitative estimate of drug-likeness (QED) is 0.181. The Bertz CT molecular complexity index is 3670. The molecule has 57 heavy (non-hydrogen) atoms. The van der Waals surface area contributed by atoms with Crippen LogP contribution in [0, 0.1) is 0 Å². The Morgan fingerprint density at radius 1 is 0.298 bits per heavy atom. The van der Waals surface area contributed by atoms with Gasteiger partial charge in [0.1, 0.15) is 0 Å². The van der Waals surface area contributed by atoms with Gasteiger partial charge in [-0.25, -0.2) is 15.0 Å². The van der Waals surface area contributed by atoms with E-state index in [0.717, 1.165) is 55.2 Å². The minimum absolute atomic E-state index is 0.639. The first-order valence-corrected chi connectivity index (χ1v) is 19.3. The minimum Gasteiger partial charge on any atom is -0.309 e. The van der Waals surface area contributed by atoms with Gasteiger partial charge in [0.2, 0.25) is 0 Å². The van der Waals surface area contributed by atoms with E-state index < -0.39 is 0 Å². The summed E-state index contributed by atoms with van der Waals surface area (Å²) in [6.07, 6.45) is 0. The third kappa shape index (κ3) is 4.10. The zero-order chi connectivity index (χ0) is 37.2. The molecular formula is C51H30N6. The second kappa shape index (κ2) is 11.4. The number of nitrogens with zero attached hydrogens (tertiary/aromatic N) is 6. The van der Waals surface area contributed by atoms with Gasteiger partial charge in [0.25, 0.3) is 0 Å². The van der Waals surface area contributed by atoms with Crippen LogP contribution in [-0.2, 0) is 0 Å². The van der Waals surface area contributed by atoms with E-state index in [1.807, 2.05) is 36.4 Å². The molecule has 0 spiro atoms. The lowest BCUT2D eigenvalue weighted by molar-refractivity contribution is 1.08. The van der Waals surface area contributed by atoms with E-state index >= 15 is 0 Å². The average molecular weight is 727 g/mol. The predicted molar refractivity (Wildman–Crippen MR) is 234 cm³/mol. The van der Waals surface area contributed by atoms with E-state index in [-0.39, 0.29) is 0 Å². The molecule has 13 rings (SSSR count). The van der Waals surface area contributed by atoms with Gasteiger partial charge in [-0.3, -0.25) is 0 Å². The van der Waals surface area contributed by atoms with E-state index in [1.54, 1.807) is 0 Å². The number of fused-ring (bicyclic) bond motifs is 8. The Balaban J connectivity index is 1.26. The normalized spacial score (nSPS) is 12.2. The molecule has 5 aromatic heterocycles. The molecule has 8 aromatic carbocycles. The number of hydrogen-bond donors (Lipinski definition) is 0. The van der Waals surface area contributed by atoms with Crippen LogP contribution < -0.4 is 0 Å². The third-order valence-corrected chi connectivity index (χ3v) is 11.8. The first-order chi connectivity index (χ1) is 28.3. The zero-order valence-corrected chi connectivity index (χ0v) is 30.5. The maximum atomic E-state index is 5.23. The Hall–Kier alpha value is -7.83. The molecule has 0 bridgehead atoms. The van der Waals surface area contributed by atoms with Crippen molar-refractivity contribution >= 4 is 76.5 Å². The summed E-state index contributed by atoms with van der Waals surface area (Å²) in [7, 11) is 0. The lowest BCUT2D eigenvalue weighted by atomic mass is 10.0. The van der Waals surface area contributed by atoms with Crippen molar-refractivity contribution in [1.82, 2.24) is 28.3 Å². The Morgan fingerprint density at radius 3 is 1.58 bits per heavy atom. The van der Waals surface area contributed by atoms with Gasteiger partial charge in [-0.15, -0.1) is 0 Å². The van der Waals surface area contributed by atoms with Crippen molar-refractivity contribution in [3.8, 4) is 39.9 Å². The van der Waals surface area contributed by atoms with Crippen molar-refractivity contribution < 1.29 is 0 Å². The van der Waals surface area contributed by atoms with Gasteiger partial charge >= 0.3 is 0 Å². The summed E-state index contributed by atoms with van der Waals surface area (Å²) in [4.78, 5) is 15.5. The molecule has 6 nitrogen and oxygen atoms in total. The molecule has 0 N–H and O–H groups in total. The van der Waals surface area contributed by atoms with Crippen molar-refractivity contribution in [1.29, 1.82) is 0 Å². The summed E-state index contributed by atoms with van der Waals surface area (Å²) < 4.78 is 7.44. The molecular weight excluding hydrogens is 697 g/mol. The fraction of sp³-hybridized carbons (Fsp3) is 0. The highest BCUT2D eigenvalue weighted by Gasteiger charge is 2.25. The number of para-hydroxylation sites is 3. The number of hydrogen-bond acceptors (Lipinski definition) is 3. The van der Waals surface area contributed by atoms with E-state index in [9.17, 15) is 0 Å². The standard InChI is InChI=1S/C51H30N6/c1-4-15-31(16-5-1)49-52-50(32-17-6-2-7-18-32)54-51(53-49)37-23-13-25-39-44(37)36-22-12-28-43-47(36)57(39)41-27-14-26-40-45(41)46-42(55(40)33-19-8-3-9-20-33)30-29-35-34-21-10-11-24-38(34)56(43)48(35)46/h1-30H. The largest absolute Gasteiger partial charge is 0.309 e. The number of benzene rings is 8. The molecule has 0 amide bonds. The van der Waals surface area contributed by atoms with Gasteiger partial charge in [-0.1, -0.05) is 133 Å². The molecule has 0 radical (unpaired) electrons. The Morgan fingerprint density at radius 2 is 0.825 bits per heavy atom. The summed E-state index contributed by atoms with van der Waals surface area (Å²) in [5.41, 5.74) is 13.3. The topological polar surface area (TPSA) is 52.4 Å². The van der Waals surface area contributed by atoms with Crippen molar-refractivity contribution in [2.45, 2.75) is 0 Å². The predicted octanol–water partition coefficient (Wildman–Crippen LogP) is 12.5. The maximum Gasteiger partial charge on any atom is 0.164 e. The molecule has 264 valence electrons. The van der Waals surface area contributed by atoms with Crippen molar-refractivity contribution in [2.24, 2.45) is 0 Å². The zero-order valence-electron chi connectivity index (χ0n) is 30.5. The van der Waals surface area contributed by atoms with E-state index in [2.05, 4.69) is 159 Å². The fourth-order valence-electron chi connectivity index (χ4n) is 9.52. The summed E-state index contributed by atoms with van der Waals surface area (Å²) in [5.74, 6) is 1.93. The van der Waals surface area contributed by atoms with Gasteiger partial charge in [0, 0.05) is 54.7 Å². The van der Waals surface area contributed by atoms with Gasteiger partial charge in [-0.05, 0) is 48.5 Å². The van der Waals surface area contributed by atoms with Crippen LogP contribution in [-0.4, -0.2) is 28.3 Å². The molecule has 0 saturated carbocycles. The maximum absolute atomic E-state index is 5.23. The summed E-state index contributed by atoms with van der Waals surface area (Å²) >= 11 is 0. The number of rotatable bonds is 4. The van der Waals surface area contributed by atoms with Crippen LogP contribution in [0.15, 0.2) is 182 Å². The molecule has 0 aliphatic rings. The Kier molecular flexibility index (Phi) is 6.07. The lowest BCUT2D eigenvalue weighted by Gasteiger charge is -2.10. The summed E-state index contributed by atoms with van der Waals surface area (Å²) in [5, 5.41) is 7.20. The second-order valence-electron chi connectivity index (χ2n) is 14.8. The molecule has 0 atom stereocenters. The van der Waals surface area contributed by atoms with Crippen molar-refractivity contribution in [3.05, 3.63) is 182 Å². The van der Waals surface area contributed by atoms with Crippen LogP contribution in [0.4, 0.5) is 0 Å². The highest BCUT2D eigenvalue weighted by Crippen LogP contribution is 2.46. The summed E-state index contributed by atoms with van der Waals surface area (Å²) in [6, 6.07) is 64.7. The van der Waals surface area contributed by atoms with Crippen LogP contribution in [0.5, 0.6) is 0 Å². The average Bonchev–Trinajstić information content (AvgIpc) is 3.92. The lowest BCUT2D eigenvalue weighted by Crippen LogP contribution is -2.00. The van der Waals surface area contributed by atoms with Gasteiger partial charge < -0.3 is 13.4 Å². The first kappa shape index (κ1) is 30.5. The van der Waals surface area contributed by atoms with E-state index in [1.165, 1.54) is 43.6 Å². The molecule has 5 heterocycles. The van der Waals surface area contributed by atoms with Gasteiger partial charge in [-0.2, -0.15) is 0 Å². The SMILES string of the molecule is c1ccc(-c2nc(-c3ccccc3)nc(-c3cccc4c3c3cccc5c3n4c3cccc4c3c3c(ccc6c7ccccc7n5c63)n4-c3ccccc3)n2)cc1. The Labute approximate surface area is 325 Å². The molecule has 0 unspecified atom stereocenters. The second-order valence-corrected chi connectivity index (χ2v) is 14.8. The number of aromatic nitrogens is 6. The summed E-state index contributed by atoms with van der Waals surface area (Å²) in [6.45, 7) is 0.